The molecule has 13 heavy (non-hydrogen) atoms. The molecule has 2 rings (SSSR count). The van der Waals surface area contributed by atoms with E-state index >= 15 is 0 Å². The summed E-state index contributed by atoms with van der Waals surface area (Å²) in [7, 11) is 0. The molecule has 0 aliphatic heterocycles. The van der Waals surface area contributed by atoms with Crippen molar-refractivity contribution in [2.24, 2.45) is 0 Å². The lowest BCUT2D eigenvalue weighted by Gasteiger charge is -1.92. The largest absolute Gasteiger partial charge is 0.427 e. The molecule has 6 heteroatoms. The maximum Gasteiger partial charge on any atom is 0.271 e. The lowest BCUT2D eigenvalue weighted by Crippen LogP contribution is -1.88. The first-order chi connectivity index (χ1) is 6.18. The lowest BCUT2D eigenvalue weighted by molar-refractivity contribution is -0.384. The van der Waals surface area contributed by atoms with E-state index in [0.29, 0.717) is 11.0 Å². The number of nitrogens with zero attached hydrogens (tertiary/aromatic N) is 3. The summed E-state index contributed by atoms with van der Waals surface area (Å²) in [6, 6.07) is 4.07. The van der Waals surface area contributed by atoms with Crippen LogP contribution in [0.1, 0.15) is 0 Å². The number of nitro groups is 1. The smallest absolute Gasteiger partial charge is 0.271 e. The highest BCUT2D eigenvalue weighted by molar-refractivity contribution is 5.77. The van der Waals surface area contributed by atoms with Crippen molar-refractivity contribution in [2.75, 3.05) is 0 Å². The molecule has 0 spiro atoms. The Morgan fingerprint density at radius 3 is 3.00 bits per heavy atom. The number of benzene rings is 1. The summed E-state index contributed by atoms with van der Waals surface area (Å²) in [4.78, 5) is 13.6. The standard InChI is InChI=1S/C7H5N3O3/c11-9-4-8-6-3-5(10(12)13)1-2-7(6)9/h1-4,11H. The summed E-state index contributed by atoms with van der Waals surface area (Å²) in [5.74, 6) is 0. The lowest BCUT2D eigenvalue weighted by atomic mass is 10.3. The third-order valence-corrected chi connectivity index (χ3v) is 1.72. The molecule has 0 aliphatic carbocycles. The maximum atomic E-state index is 10.4. The van der Waals surface area contributed by atoms with Crippen molar-refractivity contribution in [1.82, 2.24) is 9.71 Å². The molecule has 0 atom stereocenters. The zero-order valence-corrected chi connectivity index (χ0v) is 6.41. The second-order valence-electron chi connectivity index (χ2n) is 2.52. The minimum atomic E-state index is -0.504. The van der Waals surface area contributed by atoms with Gasteiger partial charge in [-0.25, -0.2) is 4.98 Å². The minimum absolute atomic E-state index is 0.0359. The van der Waals surface area contributed by atoms with Crippen LogP contribution in [-0.4, -0.2) is 19.8 Å². The first kappa shape index (κ1) is 7.53. The molecule has 1 aromatic carbocycles. The van der Waals surface area contributed by atoms with Gasteiger partial charge in [-0.15, -0.1) is 0 Å². The van der Waals surface area contributed by atoms with Crippen molar-refractivity contribution >= 4 is 16.7 Å². The molecule has 0 unspecified atom stereocenters. The fourth-order valence-electron chi connectivity index (χ4n) is 1.10. The van der Waals surface area contributed by atoms with Crippen LogP contribution >= 0.6 is 0 Å². The van der Waals surface area contributed by atoms with Crippen LogP contribution in [0.4, 0.5) is 5.69 Å². The predicted octanol–water partition coefficient (Wildman–Crippen LogP) is 1.18. The highest BCUT2D eigenvalue weighted by Crippen LogP contribution is 2.18. The van der Waals surface area contributed by atoms with Crippen LogP contribution in [0.3, 0.4) is 0 Å². The topological polar surface area (TPSA) is 81.2 Å². The Labute approximate surface area is 72.2 Å². The number of fused-ring (bicyclic) bond motifs is 1. The number of non-ortho nitro benzene ring substituents is 1. The van der Waals surface area contributed by atoms with Gasteiger partial charge in [-0.05, 0) is 6.07 Å². The molecule has 1 heterocycles. The van der Waals surface area contributed by atoms with Gasteiger partial charge in [0.05, 0.1) is 10.4 Å². The highest BCUT2D eigenvalue weighted by Gasteiger charge is 2.08. The predicted molar refractivity (Wildman–Crippen MR) is 43.6 cm³/mol. The van der Waals surface area contributed by atoms with Crippen LogP contribution in [0.5, 0.6) is 0 Å². The summed E-state index contributed by atoms with van der Waals surface area (Å²) in [5, 5.41) is 19.5. The number of aromatic nitrogens is 2. The minimum Gasteiger partial charge on any atom is -0.427 e. The second-order valence-corrected chi connectivity index (χ2v) is 2.52. The summed E-state index contributed by atoms with van der Waals surface area (Å²) in [5.41, 5.74) is 0.813. The van der Waals surface area contributed by atoms with E-state index in [4.69, 9.17) is 5.21 Å². The summed E-state index contributed by atoms with van der Waals surface area (Å²) in [6.07, 6.45) is 1.19. The molecular formula is C7H5N3O3. The van der Waals surface area contributed by atoms with Crippen molar-refractivity contribution in [1.29, 1.82) is 0 Å². The van der Waals surface area contributed by atoms with Crippen LogP contribution < -0.4 is 0 Å². The molecule has 6 nitrogen and oxygen atoms in total. The Hall–Kier alpha value is -2.11. The van der Waals surface area contributed by atoms with Gasteiger partial charge in [0.2, 0.25) is 0 Å². The molecule has 0 radical (unpaired) electrons. The molecule has 0 bridgehead atoms. The van der Waals surface area contributed by atoms with E-state index in [0.717, 1.165) is 4.73 Å². The Balaban J connectivity index is 2.70. The van der Waals surface area contributed by atoms with Gasteiger partial charge in [-0.3, -0.25) is 10.1 Å². The van der Waals surface area contributed by atoms with E-state index in [2.05, 4.69) is 4.98 Å². The molecular weight excluding hydrogens is 174 g/mol. The fourth-order valence-corrected chi connectivity index (χ4v) is 1.10. The van der Waals surface area contributed by atoms with Crippen LogP contribution in [0.15, 0.2) is 24.5 Å². The molecule has 0 saturated carbocycles. The van der Waals surface area contributed by atoms with Gasteiger partial charge in [0.1, 0.15) is 11.8 Å². The van der Waals surface area contributed by atoms with Crippen molar-refractivity contribution in [3.63, 3.8) is 0 Å². The van der Waals surface area contributed by atoms with Crippen molar-refractivity contribution < 1.29 is 10.1 Å². The van der Waals surface area contributed by atoms with Gasteiger partial charge < -0.3 is 5.21 Å². The van der Waals surface area contributed by atoms with E-state index in [-0.39, 0.29) is 5.69 Å². The monoisotopic (exact) mass is 179 g/mol. The normalized spacial score (nSPS) is 10.5. The molecule has 0 saturated heterocycles. The second kappa shape index (κ2) is 2.44. The molecule has 0 fully saturated rings. The Bertz CT molecular complexity index is 477. The van der Waals surface area contributed by atoms with Gasteiger partial charge in [0.15, 0.2) is 0 Å². The van der Waals surface area contributed by atoms with E-state index in [1.54, 1.807) is 0 Å². The maximum absolute atomic E-state index is 10.4. The van der Waals surface area contributed by atoms with E-state index in [1.165, 1.54) is 24.5 Å². The van der Waals surface area contributed by atoms with Crippen molar-refractivity contribution in [3.05, 3.63) is 34.6 Å². The van der Waals surface area contributed by atoms with Gasteiger partial charge in [0, 0.05) is 12.1 Å². The number of nitro benzene ring substituents is 1. The van der Waals surface area contributed by atoms with Gasteiger partial charge in [0.25, 0.3) is 5.69 Å². The zero-order chi connectivity index (χ0) is 9.42. The first-order valence-electron chi connectivity index (χ1n) is 3.49. The molecule has 1 N–H and O–H groups in total. The fraction of sp³-hybridized carbons (Fsp3) is 0. The highest BCUT2D eigenvalue weighted by atomic mass is 16.6. The Kier molecular flexibility index (Phi) is 1.42. The summed E-state index contributed by atoms with van der Waals surface area (Å²) in [6.45, 7) is 0. The third-order valence-electron chi connectivity index (χ3n) is 1.72. The number of rotatable bonds is 1. The van der Waals surface area contributed by atoms with Crippen LogP contribution in [0.2, 0.25) is 0 Å². The molecule has 2 aromatic rings. The van der Waals surface area contributed by atoms with E-state index < -0.39 is 4.92 Å². The first-order valence-corrected chi connectivity index (χ1v) is 3.49. The third kappa shape index (κ3) is 1.08. The van der Waals surface area contributed by atoms with Gasteiger partial charge in [-0.1, -0.05) is 0 Å². The Morgan fingerprint density at radius 2 is 2.31 bits per heavy atom. The van der Waals surface area contributed by atoms with Crippen molar-refractivity contribution in [3.8, 4) is 0 Å². The van der Waals surface area contributed by atoms with E-state index in [1.807, 2.05) is 0 Å². The van der Waals surface area contributed by atoms with Crippen molar-refractivity contribution in [2.45, 2.75) is 0 Å². The quantitative estimate of drug-likeness (QED) is 0.405. The SMILES string of the molecule is O=[N+]([O-])c1ccc2c(c1)ncn2O. The zero-order valence-electron chi connectivity index (χ0n) is 6.41. The van der Waals surface area contributed by atoms with Crippen LogP contribution in [0.25, 0.3) is 11.0 Å². The number of hydrogen-bond donors (Lipinski definition) is 1. The number of imidazole rings is 1. The molecule has 0 amide bonds. The molecule has 1 aromatic heterocycles. The number of hydrogen-bond acceptors (Lipinski definition) is 4. The summed E-state index contributed by atoms with van der Waals surface area (Å²) >= 11 is 0. The van der Waals surface area contributed by atoms with Gasteiger partial charge >= 0.3 is 0 Å². The van der Waals surface area contributed by atoms with Crippen LogP contribution in [0, 0.1) is 10.1 Å². The van der Waals surface area contributed by atoms with E-state index in [9.17, 15) is 10.1 Å². The molecule has 0 aliphatic rings. The summed E-state index contributed by atoms with van der Waals surface area (Å²) < 4.78 is 0.819. The van der Waals surface area contributed by atoms with Crippen LogP contribution in [-0.2, 0) is 0 Å². The average Bonchev–Trinajstić information content (AvgIpc) is 2.47. The molecule has 66 valence electrons. The van der Waals surface area contributed by atoms with Gasteiger partial charge in [-0.2, -0.15) is 4.73 Å². The average molecular weight is 179 g/mol. The Morgan fingerprint density at radius 1 is 1.54 bits per heavy atom.